The van der Waals surface area contributed by atoms with E-state index >= 15 is 0 Å². The first-order valence-electron chi connectivity index (χ1n) is 7.92. The van der Waals surface area contributed by atoms with Gasteiger partial charge in [0.1, 0.15) is 4.90 Å². The molecule has 1 fully saturated rings. The van der Waals surface area contributed by atoms with Gasteiger partial charge in [-0.2, -0.15) is 4.31 Å². The van der Waals surface area contributed by atoms with E-state index in [9.17, 15) is 13.2 Å². The summed E-state index contributed by atoms with van der Waals surface area (Å²) in [7, 11) is -1.91. The van der Waals surface area contributed by atoms with Crippen LogP contribution in [0.25, 0.3) is 11.2 Å². The second-order valence-electron chi connectivity index (χ2n) is 6.05. The highest BCUT2D eigenvalue weighted by molar-refractivity contribution is 7.89. The van der Waals surface area contributed by atoms with Crippen molar-refractivity contribution in [2.24, 2.45) is 7.05 Å². The number of hydrogen-bond donors (Lipinski definition) is 0. The highest BCUT2D eigenvalue weighted by atomic mass is 32.2. The van der Waals surface area contributed by atoms with Gasteiger partial charge in [-0.1, -0.05) is 0 Å². The molecule has 4 rings (SSSR count). The summed E-state index contributed by atoms with van der Waals surface area (Å²) in [6.45, 7) is 0.602. The van der Waals surface area contributed by atoms with Gasteiger partial charge in [0.05, 0.1) is 11.6 Å². The first-order valence-corrected chi connectivity index (χ1v) is 9.36. The second kappa shape index (κ2) is 5.78. The van der Waals surface area contributed by atoms with Crippen LogP contribution in [0.1, 0.15) is 12.5 Å². The Morgan fingerprint density at radius 1 is 1.20 bits per heavy atom. The Labute approximate surface area is 144 Å². The number of pyridine rings is 2. The van der Waals surface area contributed by atoms with E-state index in [0.29, 0.717) is 18.6 Å². The average molecular weight is 359 g/mol. The predicted octanol–water partition coefficient (Wildman–Crippen LogP) is 0.766. The maximum Gasteiger partial charge on any atom is 0.330 e. The fourth-order valence-corrected chi connectivity index (χ4v) is 4.77. The summed E-state index contributed by atoms with van der Waals surface area (Å²) >= 11 is 0. The zero-order valence-electron chi connectivity index (χ0n) is 13.6. The molecule has 25 heavy (non-hydrogen) atoms. The van der Waals surface area contributed by atoms with Crippen LogP contribution in [0.2, 0.25) is 0 Å². The summed E-state index contributed by atoms with van der Waals surface area (Å²) in [5.74, 6) is 0. The Morgan fingerprint density at radius 3 is 2.76 bits per heavy atom. The van der Waals surface area contributed by atoms with E-state index in [-0.39, 0.29) is 23.2 Å². The van der Waals surface area contributed by atoms with Crippen LogP contribution >= 0.6 is 0 Å². The third kappa shape index (κ3) is 2.47. The maximum atomic E-state index is 12.7. The van der Waals surface area contributed by atoms with Crippen molar-refractivity contribution < 1.29 is 8.42 Å². The van der Waals surface area contributed by atoms with Gasteiger partial charge >= 0.3 is 5.69 Å². The maximum absolute atomic E-state index is 12.7. The molecule has 9 heteroatoms. The quantitative estimate of drug-likeness (QED) is 0.689. The number of sulfonamides is 1. The van der Waals surface area contributed by atoms with Gasteiger partial charge < -0.3 is 0 Å². The van der Waals surface area contributed by atoms with Crippen molar-refractivity contribution in [1.29, 1.82) is 0 Å². The molecule has 3 aromatic heterocycles. The Balaban J connectivity index is 1.71. The van der Waals surface area contributed by atoms with Crippen molar-refractivity contribution in [3.8, 4) is 0 Å². The number of fused-ring (bicyclic) bond motifs is 1. The monoisotopic (exact) mass is 359 g/mol. The SMILES string of the molecule is Cn1c(=O)n([C@@H]2CCN(S(=O)(=O)c3cccnc3)C2)c2ncccc21. The minimum atomic E-state index is -3.61. The summed E-state index contributed by atoms with van der Waals surface area (Å²) in [6, 6.07) is 6.50. The summed E-state index contributed by atoms with van der Waals surface area (Å²) in [5.41, 5.74) is 1.14. The Hall–Kier alpha value is -2.52. The van der Waals surface area contributed by atoms with Gasteiger partial charge in [-0.3, -0.25) is 14.1 Å². The number of rotatable bonds is 3. The molecule has 1 aliphatic rings. The number of imidazole rings is 1. The molecule has 0 N–H and O–H groups in total. The Morgan fingerprint density at radius 2 is 2.00 bits per heavy atom. The van der Waals surface area contributed by atoms with Crippen molar-refractivity contribution >= 4 is 21.2 Å². The first kappa shape index (κ1) is 16.0. The topological polar surface area (TPSA) is 90.1 Å². The van der Waals surface area contributed by atoms with Gasteiger partial charge in [0.25, 0.3) is 0 Å². The van der Waals surface area contributed by atoms with E-state index in [1.165, 1.54) is 22.8 Å². The van der Waals surface area contributed by atoms with Gasteiger partial charge in [0.2, 0.25) is 10.0 Å². The number of aromatic nitrogens is 4. The van der Waals surface area contributed by atoms with Gasteiger partial charge in [-0.25, -0.2) is 18.2 Å². The lowest BCUT2D eigenvalue weighted by molar-refractivity contribution is 0.449. The fourth-order valence-electron chi connectivity index (χ4n) is 3.31. The predicted molar refractivity (Wildman–Crippen MR) is 91.6 cm³/mol. The molecule has 0 radical (unpaired) electrons. The Kier molecular flexibility index (Phi) is 3.69. The van der Waals surface area contributed by atoms with Crippen molar-refractivity contribution in [1.82, 2.24) is 23.4 Å². The largest absolute Gasteiger partial charge is 0.330 e. The normalized spacial score (nSPS) is 18.8. The van der Waals surface area contributed by atoms with Crippen molar-refractivity contribution in [2.45, 2.75) is 17.4 Å². The van der Waals surface area contributed by atoms with E-state index in [4.69, 9.17) is 0 Å². The van der Waals surface area contributed by atoms with Crippen LogP contribution < -0.4 is 5.69 Å². The molecular formula is C16H17N5O3S. The number of nitrogens with zero attached hydrogens (tertiary/aromatic N) is 5. The lowest BCUT2D eigenvalue weighted by Gasteiger charge is -2.16. The molecular weight excluding hydrogens is 342 g/mol. The molecule has 8 nitrogen and oxygen atoms in total. The molecule has 0 unspecified atom stereocenters. The molecule has 0 amide bonds. The highest BCUT2D eigenvalue weighted by Gasteiger charge is 2.35. The smallest absolute Gasteiger partial charge is 0.293 e. The first-order chi connectivity index (χ1) is 12.0. The standard InChI is InChI=1S/C16H17N5O3S/c1-19-14-5-3-8-18-15(14)21(16(19)22)12-6-9-20(11-12)25(23,24)13-4-2-7-17-10-13/h2-5,7-8,10,12H,6,9,11H2,1H3/t12-/m1/s1. The lowest BCUT2D eigenvalue weighted by Crippen LogP contribution is -2.32. The molecule has 0 aliphatic carbocycles. The minimum absolute atomic E-state index is 0.166. The van der Waals surface area contributed by atoms with E-state index in [2.05, 4.69) is 9.97 Å². The second-order valence-corrected chi connectivity index (χ2v) is 7.99. The molecule has 1 aliphatic heterocycles. The van der Waals surface area contributed by atoms with Crippen LogP contribution in [0.4, 0.5) is 0 Å². The molecule has 0 aromatic carbocycles. The highest BCUT2D eigenvalue weighted by Crippen LogP contribution is 2.28. The molecule has 0 bridgehead atoms. The van der Waals surface area contributed by atoms with Crippen LogP contribution in [0.3, 0.4) is 0 Å². The van der Waals surface area contributed by atoms with Gasteiger partial charge in [-0.15, -0.1) is 0 Å². The van der Waals surface area contributed by atoms with Crippen LogP contribution in [0.5, 0.6) is 0 Å². The molecule has 4 heterocycles. The fraction of sp³-hybridized carbons (Fsp3) is 0.312. The van der Waals surface area contributed by atoms with Crippen LogP contribution in [-0.2, 0) is 17.1 Å². The molecule has 0 saturated carbocycles. The zero-order chi connectivity index (χ0) is 17.6. The third-order valence-electron chi connectivity index (χ3n) is 4.61. The van der Waals surface area contributed by atoms with Crippen LogP contribution in [0, 0.1) is 0 Å². The van der Waals surface area contributed by atoms with E-state index < -0.39 is 10.0 Å². The summed E-state index contributed by atoms with van der Waals surface area (Å²) in [5, 5.41) is 0. The third-order valence-corrected chi connectivity index (χ3v) is 6.46. The lowest BCUT2D eigenvalue weighted by atomic mass is 10.2. The van der Waals surface area contributed by atoms with Crippen molar-refractivity contribution in [3.05, 3.63) is 53.3 Å². The molecule has 130 valence electrons. The van der Waals surface area contributed by atoms with E-state index in [0.717, 1.165) is 5.52 Å². The molecule has 1 saturated heterocycles. The summed E-state index contributed by atoms with van der Waals surface area (Å²) < 4.78 is 30.0. The van der Waals surface area contributed by atoms with E-state index in [1.807, 2.05) is 6.07 Å². The molecule has 1 atom stereocenters. The van der Waals surface area contributed by atoms with Crippen molar-refractivity contribution in [2.75, 3.05) is 13.1 Å². The average Bonchev–Trinajstić information content (AvgIpc) is 3.21. The summed E-state index contributed by atoms with van der Waals surface area (Å²) in [6.07, 6.45) is 5.08. The minimum Gasteiger partial charge on any atom is -0.293 e. The molecule has 0 spiro atoms. The van der Waals surface area contributed by atoms with Crippen LogP contribution in [-0.4, -0.2) is 44.9 Å². The molecule has 3 aromatic rings. The van der Waals surface area contributed by atoms with Gasteiger partial charge in [0.15, 0.2) is 5.65 Å². The Bertz CT molecular complexity index is 1090. The van der Waals surface area contributed by atoms with E-state index in [1.54, 1.807) is 34.5 Å². The number of aryl methyl sites for hydroxylation is 1. The zero-order valence-corrected chi connectivity index (χ0v) is 14.4. The van der Waals surface area contributed by atoms with Gasteiger partial charge in [-0.05, 0) is 30.7 Å². The van der Waals surface area contributed by atoms with Gasteiger partial charge in [0, 0.05) is 38.7 Å². The number of hydrogen-bond acceptors (Lipinski definition) is 5. The van der Waals surface area contributed by atoms with Crippen LogP contribution in [0.15, 0.2) is 52.5 Å². The summed E-state index contributed by atoms with van der Waals surface area (Å²) in [4.78, 5) is 21.0. The van der Waals surface area contributed by atoms with Crippen molar-refractivity contribution in [3.63, 3.8) is 0 Å².